The quantitative estimate of drug-likeness (QED) is 0.840. The highest BCUT2D eigenvalue weighted by Gasteiger charge is 2.33. The van der Waals surface area contributed by atoms with E-state index in [4.69, 9.17) is 0 Å². The summed E-state index contributed by atoms with van der Waals surface area (Å²) < 4.78 is 22.8. The lowest BCUT2D eigenvalue weighted by Crippen LogP contribution is -2.50. The molecule has 110 valence electrons. The Morgan fingerprint density at radius 1 is 1.16 bits per heavy atom. The molecule has 1 aliphatic heterocycles. The van der Waals surface area contributed by atoms with Gasteiger partial charge in [-0.2, -0.15) is 0 Å². The molecule has 0 aromatic carbocycles. The molecule has 1 aliphatic carbocycles. The normalized spacial score (nSPS) is 26.9. The minimum Gasteiger partial charge on any atom is -0.480 e. The lowest BCUT2D eigenvalue weighted by molar-refractivity contribution is -0.144. The van der Waals surface area contributed by atoms with Gasteiger partial charge >= 0.3 is 5.97 Å². The van der Waals surface area contributed by atoms with Crippen LogP contribution in [-0.2, 0) is 14.6 Å². The van der Waals surface area contributed by atoms with Crippen molar-refractivity contribution in [1.29, 1.82) is 0 Å². The van der Waals surface area contributed by atoms with Gasteiger partial charge in [0.1, 0.15) is 6.04 Å². The van der Waals surface area contributed by atoms with Crippen LogP contribution in [0, 0.1) is 5.92 Å². The fourth-order valence-electron chi connectivity index (χ4n) is 3.18. The maximum absolute atomic E-state index is 11.4. The second-order valence-electron chi connectivity index (χ2n) is 5.78. The molecule has 0 aromatic rings. The topological polar surface area (TPSA) is 74.7 Å². The Morgan fingerprint density at radius 3 is 2.26 bits per heavy atom. The van der Waals surface area contributed by atoms with E-state index in [0.717, 1.165) is 12.8 Å². The molecule has 1 heterocycles. The molecule has 0 spiro atoms. The molecule has 5 nitrogen and oxygen atoms in total. The van der Waals surface area contributed by atoms with Crippen molar-refractivity contribution < 1.29 is 18.3 Å². The molecule has 0 bridgehead atoms. The second-order valence-corrected chi connectivity index (χ2v) is 8.09. The van der Waals surface area contributed by atoms with Gasteiger partial charge in [-0.15, -0.1) is 0 Å². The Kier molecular flexibility index (Phi) is 4.84. The van der Waals surface area contributed by atoms with E-state index >= 15 is 0 Å². The average molecular weight is 289 g/mol. The molecule has 1 atom stereocenters. The number of carboxylic acids is 1. The summed E-state index contributed by atoms with van der Waals surface area (Å²) in [6.07, 6.45) is 6.58. The molecule has 6 heteroatoms. The van der Waals surface area contributed by atoms with Gasteiger partial charge in [0.25, 0.3) is 0 Å². The Morgan fingerprint density at radius 2 is 1.74 bits per heavy atom. The molecule has 19 heavy (non-hydrogen) atoms. The molecule has 1 saturated heterocycles. The summed E-state index contributed by atoms with van der Waals surface area (Å²) in [5, 5.41) is 9.40. The van der Waals surface area contributed by atoms with Gasteiger partial charge in [-0.25, -0.2) is 8.42 Å². The molecule has 0 radical (unpaired) electrons. The number of nitrogens with zero attached hydrogens (tertiary/aromatic N) is 1. The van der Waals surface area contributed by atoms with E-state index in [1.165, 1.54) is 19.3 Å². The molecule has 2 rings (SSSR count). The summed E-state index contributed by atoms with van der Waals surface area (Å²) in [5.41, 5.74) is 0. The number of sulfone groups is 1. The van der Waals surface area contributed by atoms with Crippen LogP contribution in [0.1, 0.15) is 38.5 Å². The van der Waals surface area contributed by atoms with E-state index in [9.17, 15) is 18.3 Å². The number of hydrogen-bond acceptors (Lipinski definition) is 4. The van der Waals surface area contributed by atoms with E-state index in [1.54, 1.807) is 0 Å². The van der Waals surface area contributed by atoms with Crippen molar-refractivity contribution in [2.75, 3.05) is 24.6 Å². The van der Waals surface area contributed by atoms with E-state index in [0.29, 0.717) is 25.4 Å². The number of rotatable bonds is 4. The second kappa shape index (κ2) is 6.22. The first-order valence-corrected chi connectivity index (χ1v) is 8.97. The number of carboxylic acid groups (broad SMARTS) is 1. The van der Waals surface area contributed by atoms with E-state index < -0.39 is 21.8 Å². The molecular weight excluding hydrogens is 266 g/mol. The average Bonchev–Trinajstić information content (AvgIpc) is 2.37. The summed E-state index contributed by atoms with van der Waals surface area (Å²) in [6.45, 7) is 0.734. The molecule has 0 unspecified atom stereocenters. The van der Waals surface area contributed by atoms with Crippen LogP contribution in [0.5, 0.6) is 0 Å². The van der Waals surface area contributed by atoms with Gasteiger partial charge in [-0.05, 0) is 12.3 Å². The van der Waals surface area contributed by atoms with Crippen molar-refractivity contribution in [3.63, 3.8) is 0 Å². The first-order chi connectivity index (χ1) is 8.98. The van der Waals surface area contributed by atoms with Crippen molar-refractivity contribution >= 4 is 15.8 Å². The van der Waals surface area contributed by atoms with Crippen LogP contribution in [0.25, 0.3) is 0 Å². The third-order valence-electron chi connectivity index (χ3n) is 4.39. The number of hydrogen-bond donors (Lipinski definition) is 1. The smallest absolute Gasteiger partial charge is 0.320 e. The standard InChI is InChI=1S/C13H23NO4S/c15-13(16)12(10-11-4-2-1-3-5-11)14-6-8-19(17,18)9-7-14/h11-12H,1-10H2,(H,15,16)/t12-/m0/s1. The lowest BCUT2D eigenvalue weighted by Gasteiger charge is -2.34. The summed E-state index contributed by atoms with van der Waals surface area (Å²) in [6, 6.07) is -0.501. The lowest BCUT2D eigenvalue weighted by atomic mass is 9.84. The number of carbonyl (C=O) groups is 1. The fourth-order valence-corrected chi connectivity index (χ4v) is 4.41. The largest absolute Gasteiger partial charge is 0.480 e. The first kappa shape index (κ1) is 14.8. The Labute approximate surface area is 114 Å². The van der Waals surface area contributed by atoms with E-state index in [-0.39, 0.29) is 11.5 Å². The fraction of sp³-hybridized carbons (Fsp3) is 0.923. The highest BCUT2D eigenvalue weighted by molar-refractivity contribution is 7.91. The van der Waals surface area contributed by atoms with Crippen molar-refractivity contribution in [2.24, 2.45) is 5.92 Å². The zero-order valence-electron chi connectivity index (χ0n) is 11.3. The third kappa shape index (κ3) is 4.18. The van der Waals surface area contributed by atoms with Crippen LogP contribution in [-0.4, -0.2) is 55.0 Å². The zero-order chi connectivity index (χ0) is 13.9. The van der Waals surface area contributed by atoms with Gasteiger partial charge in [0.05, 0.1) is 11.5 Å². The molecule has 1 saturated carbocycles. The molecule has 0 amide bonds. The van der Waals surface area contributed by atoms with Crippen LogP contribution in [0.3, 0.4) is 0 Å². The van der Waals surface area contributed by atoms with E-state index in [1.807, 2.05) is 4.90 Å². The molecule has 2 aliphatic rings. The van der Waals surface area contributed by atoms with Crippen molar-refractivity contribution in [1.82, 2.24) is 4.90 Å². The van der Waals surface area contributed by atoms with Gasteiger partial charge in [0.2, 0.25) is 0 Å². The predicted molar refractivity (Wildman–Crippen MR) is 72.8 cm³/mol. The minimum atomic E-state index is -2.94. The summed E-state index contributed by atoms with van der Waals surface area (Å²) in [7, 11) is -2.94. The minimum absolute atomic E-state index is 0.0987. The summed E-state index contributed by atoms with van der Waals surface area (Å²) in [5.74, 6) is -0.110. The highest BCUT2D eigenvalue weighted by Crippen LogP contribution is 2.29. The van der Waals surface area contributed by atoms with Crippen LogP contribution in [0.15, 0.2) is 0 Å². The van der Waals surface area contributed by atoms with Gasteiger partial charge in [0, 0.05) is 13.1 Å². The van der Waals surface area contributed by atoms with Crippen LogP contribution in [0.2, 0.25) is 0 Å². The Balaban J connectivity index is 1.94. The van der Waals surface area contributed by atoms with Gasteiger partial charge in [0.15, 0.2) is 9.84 Å². The van der Waals surface area contributed by atoms with Gasteiger partial charge < -0.3 is 5.11 Å². The molecular formula is C13H23NO4S. The summed E-state index contributed by atoms with van der Waals surface area (Å²) in [4.78, 5) is 13.3. The summed E-state index contributed by atoms with van der Waals surface area (Å²) >= 11 is 0. The third-order valence-corrected chi connectivity index (χ3v) is 6.00. The SMILES string of the molecule is O=C(O)[C@H](CC1CCCCC1)N1CCS(=O)(=O)CC1. The Hall–Kier alpha value is -0.620. The van der Waals surface area contributed by atoms with Crippen molar-refractivity contribution in [3.8, 4) is 0 Å². The molecule has 1 N–H and O–H groups in total. The monoisotopic (exact) mass is 289 g/mol. The van der Waals surface area contributed by atoms with Crippen LogP contribution < -0.4 is 0 Å². The van der Waals surface area contributed by atoms with Gasteiger partial charge in [-0.3, -0.25) is 9.69 Å². The maximum atomic E-state index is 11.4. The highest BCUT2D eigenvalue weighted by atomic mass is 32.2. The van der Waals surface area contributed by atoms with Crippen LogP contribution in [0.4, 0.5) is 0 Å². The molecule has 2 fully saturated rings. The molecule has 0 aromatic heterocycles. The predicted octanol–water partition coefficient (Wildman–Crippen LogP) is 1.14. The Bertz CT molecular complexity index is 400. The maximum Gasteiger partial charge on any atom is 0.320 e. The van der Waals surface area contributed by atoms with E-state index in [2.05, 4.69) is 0 Å². The van der Waals surface area contributed by atoms with Gasteiger partial charge in [-0.1, -0.05) is 32.1 Å². The first-order valence-electron chi connectivity index (χ1n) is 7.15. The van der Waals surface area contributed by atoms with Crippen molar-refractivity contribution in [2.45, 2.75) is 44.6 Å². The van der Waals surface area contributed by atoms with Crippen LogP contribution >= 0.6 is 0 Å². The zero-order valence-corrected chi connectivity index (χ0v) is 12.1. The number of aliphatic carboxylic acids is 1. The van der Waals surface area contributed by atoms with Crippen molar-refractivity contribution in [3.05, 3.63) is 0 Å².